The molecule has 0 bridgehead atoms. The van der Waals surface area contributed by atoms with Crippen LogP contribution in [0.2, 0.25) is 0 Å². The van der Waals surface area contributed by atoms with Crippen LogP contribution >= 0.6 is 0 Å². The molecule has 3 N–H and O–H groups in total. The highest BCUT2D eigenvalue weighted by atomic mass is 32.2. The van der Waals surface area contributed by atoms with E-state index in [4.69, 9.17) is 14.6 Å². The Morgan fingerprint density at radius 3 is 2.48 bits per heavy atom. The van der Waals surface area contributed by atoms with Crippen LogP contribution in [0.4, 0.5) is 5.69 Å². The second kappa shape index (κ2) is 8.61. The number of sulfonamides is 1. The first-order valence-corrected chi connectivity index (χ1v) is 9.19. The highest BCUT2D eigenvalue weighted by molar-refractivity contribution is 7.89. The molecule has 0 aliphatic rings. The van der Waals surface area contributed by atoms with Gasteiger partial charge in [-0.2, -0.15) is 0 Å². The van der Waals surface area contributed by atoms with Gasteiger partial charge in [-0.15, -0.1) is 0 Å². The van der Waals surface area contributed by atoms with E-state index in [0.29, 0.717) is 36.8 Å². The highest BCUT2D eigenvalue weighted by Crippen LogP contribution is 2.17. The summed E-state index contributed by atoms with van der Waals surface area (Å²) in [5, 5.41) is 7.72. The molecule has 2 aromatic carbocycles. The zero-order valence-electron chi connectivity index (χ0n) is 13.8. The number of carbonyl (C=O) groups is 1. The van der Waals surface area contributed by atoms with Gasteiger partial charge in [-0.1, -0.05) is 6.07 Å². The third kappa shape index (κ3) is 5.86. The van der Waals surface area contributed by atoms with Gasteiger partial charge >= 0.3 is 0 Å². The number of rotatable bonds is 8. The zero-order valence-corrected chi connectivity index (χ0v) is 14.6. The summed E-state index contributed by atoms with van der Waals surface area (Å²) < 4.78 is 33.1. The number of hydrogen-bond donors (Lipinski definition) is 2. The molecule has 0 radical (unpaired) electrons. The number of nitrogens with one attached hydrogen (secondary N) is 1. The molecule has 0 aliphatic heterocycles. The molecule has 134 valence electrons. The summed E-state index contributed by atoms with van der Waals surface area (Å²) in [5.74, 6) is 0.232. The fourth-order valence-electron chi connectivity index (χ4n) is 2.02. The zero-order chi connectivity index (χ0) is 18.3. The molecule has 1 amide bonds. The molecule has 0 fully saturated rings. The second-order valence-electron chi connectivity index (χ2n) is 5.10. The summed E-state index contributed by atoms with van der Waals surface area (Å²) in [6.07, 6.45) is 0. The number of hydrogen-bond acceptors (Lipinski definition) is 5. The van der Waals surface area contributed by atoms with Gasteiger partial charge in [0.1, 0.15) is 12.4 Å². The van der Waals surface area contributed by atoms with E-state index in [2.05, 4.69) is 5.32 Å². The van der Waals surface area contributed by atoms with Crippen molar-refractivity contribution >= 4 is 21.6 Å². The van der Waals surface area contributed by atoms with Crippen LogP contribution in [-0.2, 0) is 14.8 Å². The Morgan fingerprint density at radius 1 is 1.12 bits per heavy atom. The first-order valence-electron chi connectivity index (χ1n) is 7.65. The molecule has 0 spiro atoms. The number of ether oxygens (including phenoxy) is 2. The molecule has 2 aromatic rings. The Labute approximate surface area is 146 Å². The summed E-state index contributed by atoms with van der Waals surface area (Å²) in [6.45, 7) is 3.40. The topological polar surface area (TPSA) is 108 Å². The quantitative estimate of drug-likeness (QED) is 0.697. The number of nitrogens with two attached hydrogens (primary N) is 1. The first-order chi connectivity index (χ1) is 11.9. The summed E-state index contributed by atoms with van der Waals surface area (Å²) >= 11 is 0. The van der Waals surface area contributed by atoms with E-state index >= 15 is 0 Å². The van der Waals surface area contributed by atoms with Gasteiger partial charge in [0.2, 0.25) is 10.0 Å². The van der Waals surface area contributed by atoms with Crippen molar-refractivity contribution in [2.24, 2.45) is 5.14 Å². The Hall–Kier alpha value is -2.42. The van der Waals surface area contributed by atoms with Gasteiger partial charge in [0.15, 0.2) is 0 Å². The minimum atomic E-state index is -3.76. The molecular formula is C17H20N2O5S. The van der Waals surface area contributed by atoms with E-state index in [9.17, 15) is 13.2 Å². The molecule has 0 saturated carbocycles. The summed E-state index contributed by atoms with van der Waals surface area (Å²) in [7, 11) is -3.76. The van der Waals surface area contributed by atoms with Gasteiger partial charge in [0.05, 0.1) is 11.5 Å². The van der Waals surface area contributed by atoms with Crippen LogP contribution in [0.1, 0.15) is 17.3 Å². The molecule has 0 unspecified atom stereocenters. The maximum Gasteiger partial charge on any atom is 0.255 e. The van der Waals surface area contributed by atoms with Crippen molar-refractivity contribution in [3.8, 4) is 5.75 Å². The van der Waals surface area contributed by atoms with Crippen LogP contribution in [0.15, 0.2) is 53.4 Å². The predicted octanol–water partition coefficient (Wildman–Crippen LogP) is 2.00. The average molecular weight is 364 g/mol. The lowest BCUT2D eigenvalue weighted by atomic mass is 10.2. The number of carbonyl (C=O) groups excluding carboxylic acids is 1. The first kappa shape index (κ1) is 18.9. The molecule has 7 nitrogen and oxygen atoms in total. The van der Waals surface area contributed by atoms with Gasteiger partial charge in [0.25, 0.3) is 5.91 Å². The van der Waals surface area contributed by atoms with Crippen LogP contribution in [0.5, 0.6) is 5.75 Å². The molecule has 0 saturated heterocycles. The second-order valence-corrected chi connectivity index (χ2v) is 6.66. The van der Waals surface area contributed by atoms with E-state index in [0.717, 1.165) is 0 Å². The van der Waals surface area contributed by atoms with E-state index in [1.807, 2.05) is 6.92 Å². The van der Waals surface area contributed by atoms with Gasteiger partial charge in [-0.3, -0.25) is 4.79 Å². The van der Waals surface area contributed by atoms with Crippen molar-refractivity contribution in [3.63, 3.8) is 0 Å². The third-order valence-electron chi connectivity index (χ3n) is 3.24. The van der Waals surface area contributed by atoms with E-state index < -0.39 is 10.0 Å². The van der Waals surface area contributed by atoms with Gasteiger partial charge in [-0.05, 0) is 49.4 Å². The van der Waals surface area contributed by atoms with Crippen molar-refractivity contribution < 1.29 is 22.7 Å². The van der Waals surface area contributed by atoms with Crippen molar-refractivity contribution in [2.45, 2.75) is 11.8 Å². The fraction of sp³-hybridized carbons (Fsp3) is 0.235. The number of amides is 1. The van der Waals surface area contributed by atoms with Crippen LogP contribution in [-0.4, -0.2) is 34.1 Å². The molecule has 0 atom stereocenters. The van der Waals surface area contributed by atoms with Crippen LogP contribution < -0.4 is 15.2 Å². The lowest BCUT2D eigenvalue weighted by molar-refractivity contribution is 0.102. The van der Waals surface area contributed by atoms with E-state index in [1.54, 1.807) is 24.3 Å². The normalized spacial score (nSPS) is 11.1. The molecule has 25 heavy (non-hydrogen) atoms. The molecule has 8 heteroatoms. The number of benzene rings is 2. The highest BCUT2D eigenvalue weighted by Gasteiger charge is 2.10. The van der Waals surface area contributed by atoms with Crippen molar-refractivity contribution in [1.82, 2.24) is 0 Å². The maximum atomic E-state index is 12.3. The van der Waals surface area contributed by atoms with Gasteiger partial charge < -0.3 is 14.8 Å². The Balaban J connectivity index is 2.00. The van der Waals surface area contributed by atoms with E-state index in [-0.39, 0.29) is 10.8 Å². The third-order valence-corrected chi connectivity index (χ3v) is 4.17. The lowest BCUT2D eigenvalue weighted by Gasteiger charge is -2.09. The van der Waals surface area contributed by atoms with Gasteiger partial charge in [0, 0.05) is 17.9 Å². The molecule has 0 aromatic heterocycles. The fourth-order valence-corrected chi connectivity index (χ4v) is 2.54. The number of anilines is 1. The average Bonchev–Trinajstić information content (AvgIpc) is 2.59. The van der Waals surface area contributed by atoms with E-state index in [1.165, 1.54) is 24.3 Å². The van der Waals surface area contributed by atoms with Crippen molar-refractivity contribution in [3.05, 3.63) is 54.1 Å². The van der Waals surface area contributed by atoms with Gasteiger partial charge in [-0.25, -0.2) is 13.6 Å². The monoisotopic (exact) mass is 364 g/mol. The Kier molecular flexibility index (Phi) is 6.51. The molecule has 0 heterocycles. The summed E-state index contributed by atoms with van der Waals surface area (Å²) in [5.41, 5.74) is 0.879. The molecular weight excluding hydrogens is 344 g/mol. The lowest BCUT2D eigenvalue weighted by Crippen LogP contribution is -2.14. The van der Waals surface area contributed by atoms with Crippen LogP contribution in [0.3, 0.4) is 0 Å². The molecule has 2 rings (SSSR count). The smallest absolute Gasteiger partial charge is 0.255 e. The minimum absolute atomic E-state index is 0.0183. The van der Waals surface area contributed by atoms with Crippen LogP contribution in [0.25, 0.3) is 0 Å². The molecule has 0 aliphatic carbocycles. The largest absolute Gasteiger partial charge is 0.491 e. The maximum absolute atomic E-state index is 12.3. The summed E-state index contributed by atoms with van der Waals surface area (Å²) in [6, 6.07) is 12.4. The minimum Gasteiger partial charge on any atom is -0.491 e. The SMILES string of the molecule is CCOCCOc1cccc(C(=O)Nc2ccc(S(N)(=O)=O)cc2)c1. The number of primary sulfonamides is 1. The van der Waals surface area contributed by atoms with Crippen molar-refractivity contribution in [2.75, 3.05) is 25.1 Å². The Bertz CT molecular complexity index is 819. The summed E-state index contributed by atoms with van der Waals surface area (Å²) in [4.78, 5) is 12.3. The van der Waals surface area contributed by atoms with Crippen molar-refractivity contribution in [1.29, 1.82) is 0 Å². The standard InChI is InChI=1S/C17H20N2O5S/c1-2-23-10-11-24-15-5-3-4-13(12-15)17(20)19-14-6-8-16(9-7-14)25(18,21)22/h3-9,12H,2,10-11H2,1H3,(H,19,20)(H2,18,21,22). The predicted molar refractivity (Wildman–Crippen MR) is 94.2 cm³/mol. The van der Waals surface area contributed by atoms with Crippen LogP contribution in [0, 0.1) is 0 Å². The Morgan fingerprint density at radius 2 is 1.84 bits per heavy atom.